The predicted molar refractivity (Wildman–Crippen MR) is 115 cm³/mol. The van der Waals surface area contributed by atoms with Crippen LogP contribution < -0.4 is 4.74 Å². The van der Waals surface area contributed by atoms with Crippen LogP contribution in [0.4, 0.5) is 0 Å². The van der Waals surface area contributed by atoms with Gasteiger partial charge in [-0.15, -0.1) is 6.42 Å². The van der Waals surface area contributed by atoms with Crippen molar-refractivity contribution in [2.75, 3.05) is 13.2 Å². The lowest BCUT2D eigenvalue weighted by molar-refractivity contribution is -0.126. The molecule has 27 heavy (non-hydrogen) atoms. The molecule has 5 heteroatoms. The summed E-state index contributed by atoms with van der Waals surface area (Å²) in [4.78, 5) is 14.5. The van der Waals surface area contributed by atoms with Crippen LogP contribution in [0.2, 0.25) is 0 Å². The minimum Gasteiger partial charge on any atom is -0.481 e. The zero-order valence-corrected chi connectivity index (χ0v) is 16.6. The van der Waals surface area contributed by atoms with Gasteiger partial charge in [-0.25, -0.2) is 0 Å². The van der Waals surface area contributed by atoms with Gasteiger partial charge < -0.3 is 4.74 Å². The van der Waals surface area contributed by atoms with Crippen molar-refractivity contribution in [1.29, 1.82) is 0 Å². The molecule has 1 aliphatic rings. The Morgan fingerprint density at radius 1 is 1.11 bits per heavy atom. The van der Waals surface area contributed by atoms with Crippen molar-refractivity contribution in [2.45, 2.75) is 24.5 Å². The lowest BCUT2D eigenvalue weighted by atomic mass is 10.1. The monoisotopic (exact) mass is 395 g/mol. The molecule has 0 aliphatic carbocycles. The van der Waals surface area contributed by atoms with E-state index in [4.69, 9.17) is 23.4 Å². The van der Waals surface area contributed by atoms with Gasteiger partial charge >= 0.3 is 0 Å². The van der Waals surface area contributed by atoms with Crippen LogP contribution in [0.15, 0.2) is 54.6 Å². The molecule has 1 aliphatic heterocycles. The molecule has 1 amide bonds. The van der Waals surface area contributed by atoms with Crippen LogP contribution >= 0.6 is 24.0 Å². The highest BCUT2D eigenvalue weighted by Gasteiger charge is 2.36. The normalized spacial score (nSPS) is 16.4. The second-order valence-corrected chi connectivity index (χ2v) is 8.13. The number of thiocarbonyl (C=S) groups is 1. The molecule has 0 aromatic heterocycles. The molecule has 1 fully saturated rings. The van der Waals surface area contributed by atoms with Crippen LogP contribution in [0.25, 0.3) is 0 Å². The number of hydrogen-bond acceptors (Lipinski definition) is 4. The van der Waals surface area contributed by atoms with E-state index in [1.807, 2.05) is 42.5 Å². The van der Waals surface area contributed by atoms with E-state index in [0.717, 1.165) is 24.2 Å². The summed E-state index contributed by atoms with van der Waals surface area (Å²) in [6, 6.07) is 18.0. The Labute approximate surface area is 170 Å². The van der Waals surface area contributed by atoms with Gasteiger partial charge in [0.05, 0.1) is 5.25 Å². The minimum atomic E-state index is -0.147. The third-order valence-electron chi connectivity index (χ3n) is 4.36. The van der Waals surface area contributed by atoms with E-state index in [2.05, 4.69) is 18.1 Å². The number of terminal acetylenes is 1. The fourth-order valence-corrected chi connectivity index (χ4v) is 4.56. The molecule has 1 saturated heterocycles. The number of aryl methyl sites for hydroxylation is 1. The number of amides is 1. The second kappa shape index (κ2) is 9.59. The maximum Gasteiger partial charge on any atom is 0.241 e. The van der Waals surface area contributed by atoms with Gasteiger partial charge in [0.1, 0.15) is 16.7 Å². The van der Waals surface area contributed by atoms with Gasteiger partial charge in [0.2, 0.25) is 5.91 Å². The molecule has 2 aromatic rings. The van der Waals surface area contributed by atoms with Gasteiger partial charge in [-0.3, -0.25) is 9.69 Å². The molecule has 0 bridgehead atoms. The quantitative estimate of drug-likeness (QED) is 0.497. The number of rotatable bonds is 8. The molecule has 1 heterocycles. The van der Waals surface area contributed by atoms with Crippen molar-refractivity contribution in [3.05, 3.63) is 65.7 Å². The Kier molecular flexibility index (Phi) is 6.92. The van der Waals surface area contributed by atoms with Gasteiger partial charge in [-0.2, -0.15) is 0 Å². The summed E-state index contributed by atoms with van der Waals surface area (Å²) in [5.41, 5.74) is 2.37. The summed E-state index contributed by atoms with van der Waals surface area (Å²) in [6.07, 6.45) is 7.71. The van der Waals surface area contributed by atoms with Crippen LogP contribution in [0.1, 0.15) is 17.5 Å². The molecule has 3 nitrogen and oxygen atoms in total. The SMILES string of the molecule is C#CCOc1ccc(C[C@@H]2SC(=S)N(CCCc3ccccc3)C2=O)cc1. The van der Waals surface area contributed by atoms with Crippen LogP contribution in [0.3, 0.4) is 0 Å². The van der Waals surface area contributed by atoms with Crippen LogP contribution in [0.5, 0.6) is 5.75 Å². The molecule has 0 radical (unpaired) electrons. The number of ether oxygens (including phenoxy) is 1. The molecular formula is C22H21NO2S2. The first-order valence-electron chi connectivity index (χ1n) is 8.88. The van der Waals surface area contributed by atoms with E-state index >= 15 is 0 Å². The van der Waals surface area contributed by atoms with E-state index in [-0.39, 0.29) is 17.8 Å². The van der Waals surface area contributed by atoms with E-state index in [1.54, 1.807) is 4.90 Å². The standard InChI is InChI=1S/C22H21NO2S2/c1-2-15-25-19-12-10-18(11-13-19)16-20-21(24)23(22(26)27-20)14-6-9-17-7-4-3-5-8-17/h1,3-5,7-8,10-13,20H,6,9,14-16H2/t20-/m0/s1. The maximum absolute atomic E-state index is 12.7. The van der Waals surface area contributed by atoms with Crippen molar-refractivity contribution in [3.8, 4) is 18.1 Å². The van der Waals surface area contributed by atoms with Gasteiger partial charge in [0.25, 0.3) is 0 Å². The maximum atomic E-state index is 12.7. The highest BCUT2D eigenvalue weighted by Crippen LogP contribution is 2.30. The Balaban J connectivity index is 1.52. The fraction of sp³-hybridized carbons (Fsp3) is 0.273. The number of carbonyl (C=O) groups excluding carboxylic acids is 1. The molecule has 138 valence electrons. The van der Waals surface area contributed by atoms with Gasteiger partial charge in [0.15, 0.2) is 0 Å². The first kappa shape index (κ1) is 19.5. The van der Waals surface area contributed by atoms with Crippen LogP contribution in [-0.2, 0) is 17.6 Å². The van der Waals surface area contributed by atoms with Crippen molar-refractivity contribution in [2.24, 2.45) is 0 Å². The van der Waals surface area contributed by atoms with Gasteiger partial charge in [0, 0.05) is 6.54 Å². The molecular weight excluding hydrogens is 374 g/mol. The zero-order valence-electron chi connectivity index (χ0n) is 15.0. The predicted octanol–water partition coefficient (Wildman–Crippen LogP) is 4.10. The average Bonchev–Trinajstić information content (AvgIpc) is 2.95. The Morgan fingerprint density at radius 2 is 1.85 bits per heavy atom. The number of thioether (sulfide) groups is 1. The Bertz CT molecular complexity index is 828. The summed E-state index contributed by atoms with van der Waals surface area (Å²) in [7, 11) is 0. The second-order valence-electron chi connectivity index (χ2n) is 6.29. The fourth-order valence-electron chi connectivity index (χ4n) is 2.98. The third-order valence-corrected chi connectivity index (χ3v) is 5.95. The van der Waals surface area contributed by atoms with E-state index in [9.17, 15) is 4.79 Å². The largest absolute Gasteiger partial charge is 0.481 e. The van der Waals surface area contributed by atoms with Gasteiger partial charge in [-0.1, -0.05) is 72.4 Å². The van der Waals surface area contributed by atoms with Crippen molar-refractivity contribution in [1.82, 2.24) is 4.90 Å². The summed E-state index contributed by atoms with van der Waals surface area (Å²) in [5, 5.41) is -0.147. The average molecular weight is 396 g/mol. The van der Waals surface area contributed by atoms with E-state index < -0.39 is 0 Å². The van der Waals surface area contributed by atoms with Crippen molar-refractivity contribution in [3.63, 3.8) is 0 Å². The molecule has 1 atom stereocenters. The van der Waals surface area contributed by atoms with Crippen molar-refractivity contribution >= 4 is 34.2 Å². The molecule has 3 rings (SSSR count). The number of nitrogens with zero attached hydrogens (tertiary/aromatic N) is 1. The highest BCUT2D eigenvalue weighted by molar-refractivity contribution is 8.24. The molecule has 0 saturated carbocycles. The Morgan fingerprint density at radius 3 is 2.56 bits per heavy atom. The van der Waals surface area contributed by atoms with Crippen LogP contribution in [0, 0.1) is 12.3 Å². The van der Waals surface area contributed by atoms with E-state index in [0.29, 0.717) is 17.3 Å². The third kappa shape index (κ3) is 5.35. The summed E-state index contributed by atoms with van der Waals surface area (Å²) < 4.78 is 6.07. The zero-order chi connectivity index (χ0) is 19.1. The molecule has 0 spiro atoms. The molecule has 0 unspecified atom stereocenters. The number of carbonyl (C=O) groups is 1. The van der Waals surface area contributed by atoms with Gasteiger partial charge in [-0.05, 0) is 42.5 Å². The Hall–Kier alpha value is -2.29. The number of hydrogen-bond donors (Lipinski definition) is 0. The highest BCUT2D eigenvalue weighted by atomic mass is 32.2. The smallest absolute Gasteiger partial charge is 0.241 e. The first-order valence-corrected chi connectivity index (χ1v) is 10.2. The molecule has 2 aromatic carbocycles. The van der Waals surface area contributed by atoms with E-state index in [1.165, 1.54) is 17.3 Å². The number of benzene rings is 2. The topological polar surface area (TPSA) is 29.5 Å². The summed E-state index contributed by atoms with van der Waals surface area (Å²) in [6.45, 7) is 0.928. The summed E-state index contributed by atoms with van der Waals surface area (Å²) >= 11 is 6.93. The first-order chi connectivity index (χ1) is 13.2. The lowest BCUT2D eigenvalue weighted by Gasteiger charge is -2.15. The van der Waals surface area contributed by atoms with Crippen LogP contribution in [-0.4, -0.2) is 33.5 Å². The molecule has 0 N–H and O–H groups in total. The van der Waals surface area contributed by atoms with Crippen molar-refractivity contribution < 1.29 is 9.53 Å². The lowest BCUT2D eigenvalue weighted by Crippen LogP contribution is -2.33. The summed E-state index contributed by atoms with van der Waals surface area (Å²) in [5.74, 6) is 3.29. The minimum absolute atomic E-state index is 0.116.